The molecule has 0 amide bonds. The molecule has 0 aromatic heterocycles. The van der Waals surface area contributed by atoms with Crippen molar-refractivity contribution in [3.05, 3.63) is 0 Å². The number of rotatable bonds is 10. The third-order valence-corrected chi connectivity index (χ3v) is 2.83. The summed E-state index contributed by atoms with van der Waals surface area (Å²) in [7, 11) is 2.21. The van der Waals surface area contributed by atoms with Crippen molar-refractivity contribution >= 4 is 0 Å². The third kappa shape index (κ3) is 7.77. The summed E-state index contributed by atoms with van der Waals surface area (Å²) in [6.07, 6.45) is 2.48. The molecule has 0 aliphatic carbocycles. The molecule has 0 aromatic rings. The molecule has 3 heteroatoms. The van der Waals surface area contributed by atoms with Gasteiger partial charge in [0.2, 0.25) is 0 Å². The average molecular weight is 216 g/mol. The predicted molar refractivity (Wildman–Crippen MR) is 66.4 cm³/mol. The number of hydrogen-bond acceptors (Lipinski definition) is 3. The Morgan fingerprint density at radius 2 is 1.80 bits per heavy atom. The highest BCUT2D eigenvalue weighted by Gasteiger charge is 2.08. The second-order valence-corrected chi connectivity index (χ2v) is 3.90. The van der Waals surface area contributed by atoms with Crippen LogP contribution in [0.1, 0.15) is 33.6 Å². The molecular formula is C12H28N2O. The topological polar surface area (TPSA) is 24.5 Å². The van der Waals surface area contributed by atoms with Gasteiger partial charge in [-0.2, -0.15) is 0 Å². The van der Waals surface area contributed by atoms with Crippen LogP contribution < -0.4 is 5.32 Å². The summed E-state index contributed by atoms with van der Waals surface area (Å²) in [4.78, 5) is 2.44. The fraction of sp³-hybridized carbons (Fsp3) is 1.00. The molecule has 0 radical (unpaired) electrons. The summed E-state index contributed by atoms with van der Waals surface area (Å²) in [6.45, 7) is 11.3. The van der Waals surface area contributed by atoms with Crippen LogP contribution in [0.15, 0.2) is 0 Å². The van der Waals surface area contributed by atoms with Gasteiger partial charge in [-0.1, -0.05) is 13.8 Å². The first kappa shape index (κ1) is 14.9. The van der Waals surface area contributed by atoms with Crippen molar-refractivity contribution in [3.8, 4) is 0 Å². The van der Waals surface area contributed by atoms with Crippen LogP contribution in [0.4, 0.5) is 0 Å². The highest BCUT2D eigenvalue weighted by Crippen LogP contribution is 2.04. The van der Waals surface area contributed by atoms with Gasteiger partial charge in [-0.05, 0) is 26.8 Å². The maximum Gasteiger partial charge on any atom is 0.0590 e. The smallest absolute Gasteiger partial charge is 0.0590 e. The molecule has 0 saturated heterocycles. The normalized spacial score (nSPS) is 11.6. The molecule has 0 atom stereocenters. The molecule has 0 aliphatic heterocycles. The lowest BCUT2D eigenvalue weighted by Gasteiger charge is -2.26. The van der Waals surface area contributed by atoms with Crippen LogP contribution in [-0.4, -0.2) is 50.8 Å². The first-order chi connectivity index (χ1) is 7.26. The van der Waals surface area contributed by atoms with E-state index in [2.05, 4.69) is 31.1 Å². The van der Waals surface area contributed by atoms with Crippen molar-refractivity contribution in [3.63, 3.8) is 0 Å². The maximum atomic E-state index is 5.25. The van der Waals surface area contributed by atoms with E-state index in [-0.39, 0.29) is 0 Å². The van der Waals surface area contributed by atoms with E-state index < -0.39 is 0 Å². The zero-order valence-corrected chi connectivity index (χ0v) is 10.9. The van der Waals surface area contributed by atoms with Crippen LogP contribution in [0.3, 0.4) is 0 Å². The van der Waals surface area contributed by atoms with E-state index in [0.29, 0.717) is 0 Å². The third-order valence-electron chi connectivity index (χ3n) is 2.83. The van der Waals surface area contributed by atoms with Crippen molar-refractivity contribution < 1.29 is 4.74 Å². The van der Waals surface area contributed by atoms with Crippen LogP contribution in [0, 0.1) is 0 Å². The Balaban J connectivity index is 3.33. The molecule has 0 spiro atoms. The zero-order valence-electron chi connectivity index (χ0n) is 10.9. The maximum absolute atomic E-state index is 5.25. The highest BCUT2D eigenvalue weighted by molar-refractivity contribution is 4.65. The van der Waals surface area contributed by atoms with Crippen molar-refractivity contribution in [1.82, 2.24) is 10.2 Å². The van der Waals surface area contributed by atoms with Crippen LogP contribution >= 0.6 is 0 Å². The molecule has 0 saturated carbocycles. The molecule has 0 aliphatic rings. The number of ether oxygens (including phenoxy) is 1. The quantitative estimate of drug-likeness (QED) is 0.563. The Hall–Kier alpha value is -0.120. The summed E-state index contributed by atoms with van der Waals surface area (Å²) in [6, 6.07) is 0.735. The minimum Gasteiger partial charge on any atom is -0.380 e. The van der Waals surface area contributed by atoms with Gasteiger partial charge < -0.3 is 15.0 Å². The second-order valence-electron chi connectivity index (χ2n) is 3.90. The van der Waals surface area contributed by atoms with E-state index in [1.165, 1.54) is 12.8 Å². The molecule has 92 valence electrons. The van der Waals surface area contributed by atoms with E-state index in [1.807, 2.05) is 6.92 Å². The zero-order chi connectivity index (χ0) is 11.5. The van der Waals surface area contributed by atoms with Crippen molar-refractivity contribution in [2.45, 2.75) is 39.7 Å². The van der Waals surface area contributed by atoms with Crippen LogP contribution in [0.5, 0.6) is 0 Å². The number of nitrogens with one attached hydrogen (secondary N) is 1. The van der Waals surface area contributed by atoms with Gasteiger partial charge in [-0.3, -0.25) is 0 Å². The molecule has 0 unspecified atom stereocenters. The molecule has 15 heavy (non-hydrogen) atoms. The van der Waals surface area contributed by atoms with Crippen molar-refractivity contribution in [2.24, 2.45) is 0 Å². The molecule has 0 heterocycles. The number of likely N-dealkylation sites (N-methyl/N-ethyl adjacent to an activating group) is 1. The van der Waals surface area contributed by atoms with E-state index in [4.69, 9.17) is 4.74 Å². The molecular weight excluding hydrogens is 188 g/mol. The monoisotopic (exact) mass is 216 g/mol. The Morgan fingerprint density at radius 1 is 1.13 bits per heavy atom. The molecule has 0 fully saturated rings. The Morgan fingerprint density at radius 3 is 2.33 bits per heavy atom. The summed E-state index contributed by atoms with van der Waals surface area (Å²) in [5, 5.41) is 3.39. The van der Waals surface area contributed by atoms with Crippen LogP contribution in [0.2, 0.25) is 0 Å². The number of nitrogens with zero attached hydrogens (tertiary/aromatic N) is 1. The lowest BCUT2D eigenvalue weighted by Crippen LogP contribution is -2.37. The molecule has 3 nitrogen and oxygen atoms in total. The van der Waals surface area contributed by atoms with E-state index in [1.54, 1.807) is 0 Å². The van der Waals surface area contributed by atoms with Gasteiger partial charge >= 0.3 is 0 Å². The van der Waals surface area contributed by atoms with Crippen molar-refractivity contribution in [1.29, 1.82) is 0 Å². The van der Waals surface area contributed by atoms with E-state index >= 15 is 0 Å². The second kappa shape index (κ2) is 10.4. The van der Waals surface area contributed by atoms with Gasteiger partial charge in [0, 0.05) is 32.3 Å². The van der Waals surface area contributed by atoms with Gasteiger partial charge in [0.05, 0.1) is 6.61 Å². The summed E-state index contributed by atoms with van der Waals surface area (Å²) >= 11 is 0. The summed E-state index contributed by atoms with van der Waals surface area (Å²) in [5.74, 6) is 0. The summed E-state index contributed by atoms with van der Waals surface area (Å²) < 4.78 is 5.25. The standard InChI is InChI=1S/C12H28N2O/c1-5-12(6-2)14(4)10-8-13-9-11-15-7-3/h12-13H,5-11H2,1-4H3. The molecule has 0 rings (SSSR count). The van der Waals surface area contributed by atoms with Crippen molar-refractivity contribution in [2.75, 3.05) is 39.9 Å². The highest BCUT2D eigenvalue weighted by atomic mass is 16.5. The van der Waals surface area contributed by atoms with Crippen LogP contribution in [0.25, 0.3) is 0 Å². The first-order valence-corrected chi connectivity index (χ1v) is 6.24. The minimum atomic E-state index is 0.735. The van der Waals surface area contributed by atoms with Gasteiger partial charge in [0.15, 0.2) is 0 Å². The van der Waals surface area contributed by atoms with E-state index in [0.717, 1.165) is 38.9 Å². The fourth-order valence-corrected chi connectivity index (χ4v) is 1.76. The van der Waals surface area contributed by atoms with Gasteiger partial charge in [-0.15, -0.1) is 0 Å². The van der Waals surface area contributed by atoms with Gasteiger partial charge in [0.1, 0.15) is 0 Å². The first-order valence-electron chi connectivity index (χ1n) is 6.24. The molecule has 0 aromatic carbocycles. The van der Waals surface area contributed by atoms with Crippen LogP contribution in [-0.2, 0) is 4.74 Å². The Labute approximate surface area is 95.2 Å². The lowest BCUT2D eigenvalue weighted by molar-refractivity contribution is 0.147. The summed E-state index contributed by atoms with van der Waals surface area (Å²) in [5.41, 5.74) is 0. The molecule has 1 N–H and O–H groups in total. The Kier molecular flexibility index (Phi) is 10.3. The molecule has 0 bridgehead atoms. The average Bonchev–Trinajstić information content (AvgIpc) is 2.25. The van der Waals surface area contributed by atoms with Gasteiger partial charge in [-0.25, -0.2) is 0 Å². The lowest BCUT2D eigenvalue weighted by atomic mass is 10.1. The predicted octanol–water partition coefficient (Wildman–Crippen LogP) is 1.73. The van der Waals surface area contributed by atoms with Gasteiger partial charge in [0.25, 0.3) is 0 Å². The van der Waals surface area contributed by atoms with E-state index in [9.17, 15) is 0 Å². The minimum absolute atomic E-state index is 0.735. The number of hydrogen-bond donors (Lipinski definition) is 1. The Bertz CT molecular complexity index is 127. The SMILES string of the molecule is CCOCCNCCN(C)C(CC)CC. The fourth-order valence-electron chi connectivity index (χ4n) is 1.76. The largest absolute Gasteiger partial charge is 0.380 e.